The van der Waals surface area contributed by atoms with Crippen molar-refractivity contribution in [2.75, 3.05) is 13.1 Å². The van der Waals surface area contributed by atoms with E-state index >= 15 is 0 Å². The lowest BCUT2D eigenvalue weighted by Gasteiger charge is -2.32. The number of hydrogen-bond donors (Lipinski definition) is 0. The van der Waals surface area contributed by atoms with Crippen molar-refractivity contribution in [3.05, 3.63) is 76.4 Å². The van der Waals surface area contributed by atoms with Crippen molar-refractivity contribution < 1.29 is 0 Å². The SMILES string of the molecule is Cc1c(-c2ccc(Cl)cc2)nn(C)c1C1CCN(Cc2ccccc2)CC1. The van der Waals surface area contributed by atoms with Gasteiger partial charge in [0, 0.05) is 35.8 Å². The summed E-state index contributed by atoms with van der Waals surface area (Å²) in [6.45, 7) is 5.54. The number of aromatic nitrogens is 2. The molecule has 2 heterocycles. The van der Waals surface area contributed by atoms with E-state index in [1.807, 2.05) is 12.1 Å². The van der Waals surface area contributed by atoms with Gasteiger partial charge < -0.3 is 0 Å². The quantitative estimate of drug-likeness (QED) is 0.602. The number of rotatable bonds is 4. The highest BCUT2D eigenvalue weighted by Gasteiger charge is 2.26. The van der Waals surface area contributed by atoms with Gasteiger partial charge in [-0.1, -0.05) is 54.1 Å². The van der Waals surface area contributed by atoms with Gasteiger partial charge >= 0.3 is 0 Å². The fourth-order valence-corrected chi connectivity index (χ4v) is 4.43. The number of nitrogens with zero attached hydrogens (tertiary/aromatic N) is 3. The van der Waals surface area contributed by atoms with E-state index in [1.165, 1.54) is 29.7 Å². The van der Waals surface area contributed by atoms with E-state index in [0.717, 1.165) is 35.9 Å². The molecule has 4 heteroatoms. The second-order valence-corrected chi connectivity index (χ2v) is 7.96. The number of likely N-dealkylation sites (tertiary alicyclic amines) is 1. The fourth-order valence-electron chi connectivity index (χ4n) is 4.30. The lowest BCUT2D eigenvalue weighted by molar-refractivity contribution is 0.201. The summed E-state index contributed by atoms with van der Waals surface area (Å²) in [7, 11) is 2.08. The summed E-state index contributed by atoms with van der Waals surface area (Å²) in [6.07, 6.45) is 2.38. The van der Waals surface area contributed by atoms with Gasteiger partial charge in [0.05, 0.1) is 5.69 Å². The molecule has 0 saturated carbocycles. The molecule has 3 aromatic rings. The summed E-state index contributed by atoms with van der Waals surface area (Å²) in [5, 5.41) is 5.59. The second kappa shape index (κ2) is 7.87. The van der Waals surface area contributed by atoms with Crippen LogP contribution in [0.1, 0.15) is 35.6 Å². The van der Waals surface area contributed by atoms with Gasteiger partial charge in [0.25, 0.3) is 0 Å². The minimum Gasteiger partial charge on any atom is -0.299 e. The normalized spacial score (nSPS) is 16.0. The average Bonchev–Trinajstić information content (AvgIpc) is 2.98. The molecular formula is C23H26ClN3. The molecule has 0 spiro atoms. The maximum atomic E-state index is 6.04. The van der Waals surface area contributed by atoms with Crippen molar-refractivity contribution in [3.63, 3.8) is 0 Å². The summed E-state index contributed by atoms with van der Waals surface area (Å²) in [6, 6.07) is 18.8. The molecule has 1 aliphatic heterocycles. The van der Waals surface area contributed by atoms with Crippen molar-refractivity contribution in [3.8, 4) is 11.3 Å². The zero-order valence-electron chi connectivity index (χ0n) is 16.0. The maximum absolute atomic E-state index is 6.04. The highest BCUT2D eigenvalue weighted by Crippen LogP contribution is 2.35. The molecule has 0 amide bonds. The highest BCUT2D eigenvalue weighted by atomic mass is 35.5. The molecule has 4 rings (SSSR count). The van der Waals surface area contributed by atoms with Crippen molar-refractivity contribution >= 4 is 11.6 Å². The third-order valence-corrected chi connectivity index (χ3v) is 5.93. The molecule has 1 aromatic heterocycles. The van der Waals surface area contributed by atoms with Gasteiger partial charge in [-0.05, 0) is 56.1 Å². The van der Waals surface area contributed by atoms with Crippen molar-refractivity contribution in [2.24, 2.45) is 7.05 Å². The van der Waals surface area contributed by atoms with Crippen LogP contribution in [0.15, 0.2) is 54.6 Å². The molecular weight excluding hydrogens is 354 g/mol. The van der Waals surface area contributed by atoms with Crippen LogP contribution in [0.5, 0.6) is 0 Å². The van der Waals surface area contributed by atoms with Crippen LogP contribution in [0.3, 0.4) is 0 Å². The van der Waals surface area contributed by atoms with Crippen molar-refractivity contribution in [1.82, 2.24) is 14.7 Å². The largest absolute Gasteiger partial charge is 0.299 e. The first-order chi connectivity index (χ1) is 13.1. The fraction of sp³-hybridized carbons (Fsp3) is 0.348. The van der Waals surface area contributed by atoms with Gasteiger partial charge in [-0.25, -0.2) is 0 Å². The Balaban J connectivity index is 1.48. The number of aryl methyl sites for hydroxylation is 1. The number of halogens is 1. The van der Waals surface area contributed by atoms with Gasteiger partial charge in [-0.3, -0.25) is 9.58 Å². The summed E-state index contributed by atoms with van der Waals surface area (Å²) in [4.78, 5) is 2.57. The summed E-state index contributed by atoms with van der Waals surface area (Å²) < 4.78 is 2.09. The number of piperidine rings is 1. The third kappa shape index (κ3) is 3.95. The first kappa shape index (κ1) is 18.3. The lowest BCUT2D eigenvalue weighted by Crippen LogP contribution is -2.33. The molecule has 0 bridgehead atoms. The Hall–Kier alpha value is -2.10. The summed E-state index contributed by atoms with van der Waals surface area (Å²) in [5.41, 5.74) is 6.31. The predicted molar refractivity (Wildman–Crippen MR) is 112 cm³/mol. The van der Waals surface area contributed by atoms with E-state index in [9.17, 15) is 0 Å². The Bertz CT molecular complexity index is 891. The Morgan fingerprint density at radius 2 is 1.67 bits per heavy atom. The molecule has 0 atom stereocenters. The summed E-state index contributed by atoms with van der Waals surface area (Å²) >= 11 is 6.04. The topological polar surface area (TPSA) is 21.1 Å². The monoisotopic (exact) mass is 379 g/mol. The van der Waals surface area contributed by atoms with Gasteiger partial charge in [0.2, 0.25) is 0 Å². The number of hydrogen-bond acceptors (Lipinski definition) is 2. The first-order valence-electron chi connectivity index (χ1n) is 9.67. The Labute approximate surface area is 166 Å². The van der Waals surface area contributed by atoms with Gasteiger partial charge in [0.1, 0.15) is 0 Å². The Morgan fingerprint density at radius 1 is 1.00 bits per heavy atom. The second-order valence-electron chi connectivity index (χ2n) is 7.53. The van der Waals surface area contributed by atoms with E-state index in [2.05, 4.69) is 66.0 Å². The standard InChI is InChI=1S/C23H26ClN3/c1-17-22(19-8-10-21(24)11-9-19)25-26(2)23(17)20-12-14-27(15-13-20)16-18-6-4-3-5-7-18/h3-11,20H,12-16H2,1-2H3. The smallest absolute Gasteiger partial charge is 0.0955 e. The van der Waals surface area contributed by atoms with E-state index < -0.39 is 0 Å². The molecule has 0 radical (unpaired) electrons. The van der Waals surface area contributed by atoms with E-state index in [0.29, 0.717) is 5.92 Å². The van der Waals surface area contributed by atoms with Gasteiger partial charge in [-0.2, -0.15) is 5.10 Å². The zero-order valence-corrected chi connectivity index (χ0v) is 16.8. The van der Waals surface area contributed by atoms with Crippen LogP contribution in [-0.2, 0) is 13.6 Å². The van der Waals surface area contributed by atoms with Gasteiger partial charge in [0.15, 0.2) is 0 Å². The van der Waals surface area contributed by atoms with Crippen molar-refractivity contribution in [1.29, 1.82) is 0 Å². The van der Waals surface area contributed by atoms with Gasteiger partial charge in [-0.15, -0.1) is 0 Å². The minimum absolute atomic E-state index is 0.579. The molecule has 0 aliphatic carbocycles. The molecule has 0 N–H and O–H groups in total. The molecule has 27 heavy (non-hydrogen) atoms. The van der Waals surface area contributed by atoms with E-state index in [-0.39, 0.29) is 0 Å². The van der Waals surface area contributed by atoms with Crippen molar-refractivity contribution in [2.45, 2.75) is 32.2 Å². The van der Waals surface area contributed by atoms with E-state index in [4.69, 9.17) is 16.7 Å². The molecule has 3 nitrogen and oxygen atoms in total. The Morgan fingerprint density at radius 3 is 2.33 bits per heavy atom. The summed E-state index contributed by atoms with van der Waals surface area (Å²) in [5.74, 6) is 0.579. The number of benzene rings is 2. The first-order valence-corrected chi connectivity index (χ1v) is 10.1. The third-order valence-electron chi connectivity index (χ3n) is 5.68. The van der Waals surface area contributed by atoms with E-state index in [1.54, 1.807) is 0 Å². The minimum atomic E-state index is 0.579. The molecule has 1 fully saturated rings. The predicted octanol–water partition coefficient (Wildman–Crippen LogP) is 5.43. The molecule has 140 valence electrons. The van der Waals surface area contributed by atoms with Crippen LogP contribution in [-0.4, -0.2) is 27.8 Å². The van der Waals surface area contributed by atoms with Crippen LogP contribution in [0.4, 0.5) is 0 Å². The maximum Gasteiger partial charge on any atom is 0.0955 e. The van der Waals surface area contributed by atoms with Crippen LogP contribution in [0.25, 0.3) is 11.3 Å². The van der Waals surface area contributed by atoms with Crippen LogP contribution in [0.2, 0.25) is 5.02 Å². The molecule has 1 saturated heterocycles. The Kier molecular flexibility index (Phi) is 5.33. The van der Waals surface area contributed by atoms with Crippen LogP contribution >= 0.6 is 11.6 Å². The zero-order chi connectivity index (χ0) is 18.8. The molecule has 0 unspecified atom stereocenters. The lowest BCUT2D eigenvalue weighted by atomic mass is 9.90. The molecule has 2 aromatic carbocycles. The molecule has 1 aliphatic rings. The highest BCUT2D eigenvalue weighted by molar-refractivity contribution is 6.30. The van der Waals surface area contributed by atoms with Crippen LogP contribution < -0.4 is 0 Å². The van der Waals surface area contributed by atoms with Crippen LogP contribution in [0, 0.1) is 6.92 Å². The average molecular weight is 380 g/mol.